The highest BCUT2D eigenvalue weighted by Gasteiger charge is 2.14. The maximum atomic E-state index is 11.5. The number of fused-ring (bicyclic) bond motifs is 1. The molecule has 0 atom stereocenters. The van der Waals surface area contributed by atoms with Gasteiger partial charge in [0.1, 0.15) is 5.69 Å². The lowest BCUT2D eigenvalue weighted by atomic mass is 10.0. The summed E-state index contributed by atoms with van der Waals surface area (Å²) >= 11 is 0. The third-order valence-electron chi connectivity index (χ3n) is 3.78. The number of hydrogen-bond donors (Lipinski definition) is 0. The average Bonchev–Trinajstić information content (AvgIpc) is 3.06. The zero-order chi connectivity index (χ0) is 15.6. The Kier molecular flexibility index (Phi) is 3.20. The molecular formula is C19H13N3O. The van der Waals surface area contributed by atoms with Crippen molar-refractivity contribution in [1.82, 2.24) is 14.8 Å². The Bertz CT molecular complexity index is 985. The summed E-state index contributed by atoms with van der Waals surface area (Å²) in [7, 11) is 0. The molecule has 0 N–H and O–H groups in total. The van der Waals surface area contributed by atoms with Crippen LogP contribution in [0.1, 0.15) is 10.4 Å². The third-order valence-corrected chi connectivity index (χ3v) is 3.78. The molecule has 0 aliphatic carbocycles. The minimum absolute atomic E-state index is 0.548. The normalized spacial score (nSPS) is 10.8. The van der Waals surface area contributed by atoms with Gasteiger partial charge in [0.25, 0.3) is 0 Å². The largest absolute Gasteiger partial charge is 0.298 e. The summed E-state index contributed by atoms with van der Waals surface area (Å²) < 4.78 is 1.72. The number of aromatic nitrogens is 3. The number of nitrogens with zero attached hydrogens (tertiary/aromatic N) is 3. The molecular weight excluding hydrogens is 286 g/mol. The summed E-state index contributed by atoms with van der Waals surface area (Å²) in [6.07, 6.45) is 4.34. The quantitative estimate of drug-likeness (QED) is 0.539. The Hall–Kier alpha value is -3.27. The Labute approximate surface area is 133 Å². The first-order valence-electron chi connectivity index (χ1n) is 7.31. The van der Waals surface area contributed by atoms with Crippen LogP contribution in [0, 0.1) is 0 Å². The Balaban J connectivity index is 1.95. The number of hydrogen-bond acceptors (Lipinski definition) is 3. The van der Waals surface area contributed by atoms with Crippen LogP contribution in [0.25, 0.3) is 27.8 Å². The SMILES string of the molecule is O=Cc1cn(-c2ccccc2)nc1-c1cccc2cccnc12. The summed E-state index contributed by atoms with van der Waals surface area (Å²) in [6, 6.07) is 19.5. The van der Waals surface area contributed by atoms with E-state index in [-0.39, 0.29) is 0 Å². The molecule has 4 aromatic rings. The molecule has 23 heavy (non-hydrogen) atoms. The maximum Gasteiger partial charge on any atom is 0.153 e. The monoisotopic (exact) mass is 299 g/mol. The van der Waals surface area contributed by atoms with Gasteiger partial charge in [0.2, 0.25) is 0 Å². The van der Waals surface area contributed by atoms with E-state index in [9.17, 15) is 4.79 Å². The van der Waals surface area contributed by atoms with E-state index in [1.807, 2.05) is 60.7 Å². The first-order valence-corrected chi connectivity index (χ1v) is 7.31. The van der Waals surface area contributed by atoms with Crippen molar-refractivity contribution >= 4 is 17.2 Å². The summed E-state index contributed by atoms with van der Waals surface area (Å²) in [4.78, 5) is 16.0. The zero-order valence-corrected chi connectivity index (χ0v) is 12.3. The van der Waals surface area contributed by atoms with Gasteiger partial charge in [-0.25, -0.2) is 4.68 Å². The summed E-state index contributed by atoms with van der Waals surface area (Å²) in [5.74, 6) is 0. The van der Waals surface area contributed by atoms with E-state index in [0.29, 0.717) is 11.3 Å². The van der Waals surface area contributed by atoms with Gasteiger partial charge >= 0.3 is 0 Å². The van der Waals surface area contributed by atoms with E-state index < -0.39 is 0 Å². The van der Waals surface area contributed by atoms with Crippen LogP contribution in [0.15, 0.2) is 73.1 Å². The molecule has 0 aliphatic heterocycles. The second-order valence-corrected chi connectivity index (χ2v) is 5.21. The van der Waals surface area contributed by atoms with Crippen LogP contribution in [0.5, 0.6) is 0 Å². The van der Waals surface area contributed by atoms with Crippen LogP contribution in [-0.2, 0) is 0 Å². The molecule has 2 aromatic carbocycles. The highest BCUT2D eigenvalue weighted by Crippen LogP contribution is 2.28. The smallest absolute Gasteiger partial charge is 0.153 e. The second kappa shape index (κ2) is 5.50. The van der Waals surface area contributed by atoms with Crippen molar-refractivity contribution in [2.45, 2.75) is 0 Å². The fraction of sp³-hybridized carbons (Fsp3) is 0. The molecule has 2 heterocycles. The van der Waals surface area contributed by atoms with Crippen molar-refractivity contribution in [3.8, 4) is 16.9 Å². The van der Waals surface area contributed by atoms with Crippen molar-refractivity contribution in [3.63, 3.8) is 0 Å². The van der Waals surface area contributed by atoms with Gasteiger partial charge in [-0.3, -0.25) is 9.78 Å². The first kappa shape index (κ1) is 13.4. The predicted octanol–water partition coefficient (Wildman–Crippen LogP) is 3.90. The molecule has 0 amide bonds. The van der Waals surface area contributed by atoms with Gasteiger partial charge in [0, 0.05) is 23.3 Å². The molecule has 2 aromatic heterocycles. The average molecular weight is 299 g/mol. The molecule has 0 spiro atoms. The van der Waals surface area contributed by atoms with Gasteiger partial charge in [-0.2, -0.15) is 5.10 Å². The molecule has 110 valence electrons. The molecule has 0 radical (unpaired) electrons. The molecule has 0 fully saturated rings. The van der Waals surface area contributed by atoms with Crippen LogP contribution < -0.4 is 0 Å². The number of pyridine rings is 1. The lowest BCUT2D eigenvalue weighted by Crippen LogP contribution is -1.94. The van der Waals surface area contributed by atoms with E-state index in [2.05, 4.69) is 10.1 Å². The van der Waals surface area contributed by atoms with E-state index in [0.717, 1.165) is 28.4 Å². The van der Waals surface area contributed by atoms with Gasteiger partial charge in [0.15, 0.2) is 6.29 Å². The van der Waals surface area contributed by atoms with Crippen LogP contribution >= 0.6 is 0 Å². The molecule has 0 bridgehead atoms. The highest BCUT2D eigenvalue weighted by atomic mass is 16.1. The van der Waals surface area contributed by atoms with Gasteiger partial charge in [-0.1, -0.05) is 42.5 Å². The van der Waals surface area contributed by atoms with Crippen LogP contribution in [0.3, 0.4) is 0 Å². The molecule has 0 saturated carbocycles. The number of carbonyl (C=O) groups is 1. The number of carbonyl (C=O) groups excluding carboxylic acids is 1. The topological polar surface area (TPSA) is 47.8 Å². The highest BCUT2D eigenvalue weighted by molar-refractivity contribution is 5.97. The molecule has 4 rings (SSSR count). The lowest BCUT2D eigenvalue weighted by molar-refractivity contribution is 0.112. The number of para-hydroxylation sites is 2. The summed E-state index contributed by atoms with van der Waals surface area (Å²) in [5.41, 5.74) is 3.81. The zero-order valence-electron chi connectivity index (χ0n) is 12.3. The number of benzene rings is 2. The van der Waals surface area contributed by atoms with E-state index >= 15 is 0 Å². The fourth-order valence-corrected chi connectivity index (χ4v) is 2.69. The number of aldehydes is 1. The van der Waals surface area contributed by atoms with Crippen molar-refractivity contribution < 1.29 is 4.79 Å². The van der Waals surface area contributed by atoms with E-state index in [1.165, 1.54) is 0 Å². The minimum Gasteiger partial charge on any atom is -0.298 e. The van der Waals surface area contributed by atoms with E-state index in [4.69, 9.17) is 0 Å². The fourth-order valence-electron chi connectivity index (χ4n) is 2.69. The van der Waals surface area contributed by atoms with Crippen molar-refractivity contribution in [3.05, 3.63) is 78.6 Å². The van der Waals surface area contributed by atoms with Gasteiger partial charge in [-0.05, 0) is 18.2 Å². The van der Waals surface area contributed by atoms with Crippen molar-refractivity contribution in [1.29, 1.82) is 0 Å². The number of rotatable bonds is 3. The van der Waals surface area contributed by atoms with Crippen LogP contribution in [0.4, 0.5) is 0 Å². The van der Waals surface area contributed by atoms with Gasteiger partial charge in [-0.15, -0.1) is 0 Å². The Morgan fingerprint density at radius 1 is 0.913 bits per heavy atom. The molecule has 4 nitrogen and oxygen atoms in total. The minimum atomic E-state index is 0.548. The molecule has 0 unspecified atom stereocenters. The third kappa shape index (κ3) is 2.30. The van der Waals surface area contributed by atoms with Gasteiger partial charge < -0.3 is 0 Å². The predicted molar refractivity (Wildman–Crippen MR) is 89.7 cm³/mol. The van der Waals surface area contributed by atoms with Crippen LogP contribution in [0.2, 0.25) is 0 Å². The lowest BCUT2D eigenvalue weighted by Gasteiger charge is -2.04. The van der Waals surface area contributed by atoms with E-state index in [1.54, 1.807) is 17.1 Å². The molecule has 0 saturated heterocycles. The maximum absolute atomic E-state index is 11.5. The second-order valence-electron chi connectivity index (χ2n) is 5.21. The standard InChI is InChI=1S/C19H13N3O/c23-13-15-12-22(16-8-2-1-3-9-16)21-19(15)17-10-4-6-14-7-5-11-20-18(14)17/h1-13H. The Morgan fingerprint density at radius 3 is 2.57 bits per heavy atom. The summed E-state index contributed by atoms with van der Waals surface area (Å²) in [5, 5.41) is 5.64. The van der Waals surface area contributed by atoms with Crippen LogP contribution in [-0.4, -0.2) is 21.1 Å². The van der Waals surface area contributed by atoms with Crippen molar-refractivity contribution in [2.24, 2.45) is 0 Å². The molecule has 4 heteroatoms. The van der Waals surface area contributed by atoms with Crippen molar-refractivity contribution in [2.75, 3.05) is 0 Å². The first-order chi connectivity index (χ1) is 11.4. The summed E-state index contributed by atoms with van der Waals surface area (Å²) in [6.45, 7) is 0. The molecule has 0 aliphatic rings. The van der Waals surface area contributed by atoms with Gasteiger partial charge in [0.05, 0.1) is 16.8 Å². The Morgan fingerprint density at radius 2 is 1.74 bits per heavy atom.